The van der Waals surface area contributed by atoms with Gasteiger partial charge < -0.3 is 15.0 Å². The second-order valence-corrected chi connectivity index (χ2v) is 4.62. The highest BCUT2D eigenvalue weighted by Crippen LogP contribution is 2.38. The van der Waals surface area contributed by atoms with Gasteiger partial charge in [0.15, 0.2) is 0 Å². The third kappa shape index (κ3) is 2.81. The number of rotatable bonds is 5. The summed E-state index contributed by atoms with van der Waals surface area (Å²) in [7, 11) is 1.56. The van der Waals surface area contributed by atoms with Crippen LogP contribution in [0.5, 0.6) is 0 Å². The van der Waals surface area contributed by atoms with Crippen LogP contribution in [0.25, 0.3) is 10.9 Å². The predicted octanol–water partition coefficient (Wildman–Crippen LogP) is 2.89. The van der Waals surface area contributed by atoms with Crippen LogP contribution in [0.15, 0.2) is 30.5 Å². The average Bonchev–Trinajstić information content (AvgIpc) is 2.75. The average molecular weight is 286 g/mol. The lowest BCUT2D eigenvalue weighted by atomic mass is 9.98. The van der Waals surface area contributed by atoms with Gasteiger partial charge >= 0.3 is 6.18 Å². The van der Waals surface area contributed by atoms with E-state index in [0.717, 1.165) is 5.52 Å². The lowest BCUT2D eigenvalue weighted by Gasteiger charge is -2.17. The van der Waals surface area contributed by atoms with Crippen molar-refractivity contribution >= 4 is 10.9 Å². The minimum atomic E-state index is -4.34. The molecule has 3 nitrogen and oxygen atoms in total. The zero-order valence-corrected chi connectivity index (χ0v) is 11.2. The highest BCUT2D eigenvalue weighted by molar-refractivity contribution is 5.84. The number of nitrogens with zero attached hydrogens (tertiary/aromatic N) is 1. The van der Waals surface area contributed by atoms with E-state index in [1.54, 1.807) is 35.9 Å². The van der Waals surface area contributed by atoms with E-state index in [-0.39, 0.29) is 5.56 Å². The summed E-state index contributed by atoms with van der Waals surface area (Å²) in [6, 6.07) is 7.04. The minimum absolute atomic E-state index is 0.228. The maximum Gasteiger partial charge on any atom is 0.397 e. The Morgan fingerprint density at radius 2 is 2.00 bits per heavy atom. The molecule has 0 aliphatic rings. The van der Waals surface area contributed by atoms with Crippen LogP contribution in [0.3, 0.4) is 0 Å². The summed E-state index contributed by atoms with van der Waals surface area (Å²) >= 11 is 0. The standard InChI is InChI=1S/C14H17F3N2O/c1-20-7-6-19-9-11(12(8-18)14(15,16)17)10-4-2-3-5-13(10)19/h2-5,9,12H,6-8,18H2,1H3. The molecule has 2 rings (SSSR count). The molecule has 0 spiro atoms. The summed E-state index contributed by atoms with van der Waals surface area (Å²) < 4.78 is 46.0. The molecule has 1 unspecified atom stereocenters. The van der Waals surface area contributed by atoms with Crippen LogP contribution in [0.4, 0.5) is 13.2 Å². The molecular weight excluding hydrogens is 269 g/mol. The summed E-state index contributed by atoms with van der Waals surface area (Å²) in [5, 5.41) is 0.594. The van der Waals surface area contributed by atoms with Crippen LogP contribution in [-0.4, -0.2) is 31.0 Å². The van der Waals surface area contributed by atoms with Crippen LogP contribution in [-0.2, 0) is 11.3 Å². The maximum absolute atomic E-state index is 13.1. The third-order valence-corrected chi connectivity index (χ3v) is 3.36. The highest BCUT2D eigenvalue weighted by Gasteiger charge is 2.41. The first kappa shape index (κ1) is 14.9. The second kappa shape index (κ2) is 5.85. The van der Waals surface area contributed by atoms with E-state index in [0.29, 0.717) is 18.5 Å². The maximum atomic E-state index is 13.1. The molecule has 1 aromatic heterocycles. The second-order valence-electron chi connectivity index (χ2n) is 4.62. The fraction of sp³-hybridized carbons (Fsp3) is 0.429. The molecule has 0 bridgehead atoms. The van der Waals surface area contributed by atoms with Crippen molar-refractivity contribution in [2.75, 3.05) is 20.3 Å². The lowest BCUT2D eigenvalue weighted by Crippen LogP contribution is -2.27. The van der Waals surface area contributed by atoms with E-state index in [4.69, 9.17) is 10.5 Å². The zero-order valence-electron chi connectivity index (χ0n) is 11.2. The van der Waals surface area contributed by atoms with Gasteiger partial charge in [-0.05, 0) is 11.6 Å². The fourth-order valence-corrected chi connectivity index (χ4v) is 2.36. The van der Waals surface area contributed by atoms with Crippen molar-refractivity contribution in [1.82, 2.24) is 4.57 Å². The van der Waals surface area contributed by atoms with E-state index >= 15 is 0 Å². The van der Waals surface area contributed by atoms with Gasteiger partial charge in [-0.2, -0.15) is 13.2 Å². The molecular formula is C14H17F3N2O. The van der Waals surface area contributed by atoms with E-state index in [1.165, 1.54) is 6.20 Å². The molecule has 2 aromatic rings. The molecule has 110 valence electrons. The SMILES string of the molecule is COCCn1cc(C(CN)C(F)(F)F)c2ccccc21. The van der Waals surface area contributed by atoms with Crippen molar-refractivity contribution in [3.05, 3.63) is 36.0 Å². The number of methoxy groups -OCH3 is 1. The van der Waals surface area contributed by atoms with Crippen molar-refractivity contribution in [3.63, 3.8) is 0 Å². The number of fused-ring (bicyclic) bond motifs is 1. The van der Waals surface area contributed by atoms with Gasteiger partial charge in [-0.1, -0.05) is 18.2 Å². The van der Waals surface area contributed by atoms with Gasteiger partial charge in [0.05, 0.1) is 12.5 Å². The number of para-hydroxylation sites is 1. The number of nitrogens with two attached hydrogens (primary N) is 1. The van der Waals surface area contributed by atoms with Gasteiger partial charge in [0, 0.05) is 37.3 Å². The van der Waals surface area contributed by atoms with Crippen LogP contribution in [0.1, 0.15) is 11.5 Å². The number of ether oxygens (including phenoxy) is 1. The van der Waals surface area contributed by atoms with Gasteiger partial charge in [-0.25, -0.2) is 0 Å². The summed E-state index contributed by atoms with van der Waals surface area (Å²) in [4.78, 5) is 0. The molecule has 1 atom stereocenters. The molecule has 20 heavy (non-hydrogen) atoms. The molecule has 0 saturated heterocycles. The predicted molar refractivity (Wildman–Crippen MR) is 71.7 cm³/mol. The number of aromatic nitrogens is 1. The zero-order chi connectivity index (χ0) is 14.8. The van der Waals surface area contributed by atoms with Gasteiger partial charge in [-0.3, -0.25) is 0 Å². The number of benzene rings is 1. The van der Waals surface area contributed by atoms with Crippen LogP contribution >= 0.6 is 0 Å². The summed E-state index contributed by atoms with van der Waals surface area (Å²) in [6.07, 6.45) is -2.81. The van der Waals surface area contributed by atoms with Gasteiger partial charge in [0.2, 0.25) is 0 Å². The molecule has 2 N–H and O–H groups in total. The van der Waals surface area contributed by atoms with Gasteiger partial charge in [0.25, 0.3) is 0 Å². The quantitative estimate of drug-likeness (QED) is 0.918. The first-order valence-corrected chi connectivity index (χ1v) is 6.32. The monoisotopic (exact) mass is 286 g/mol. The lowest BCUT2D eigenvalue weighted by molar-refractivity contribution is -0.147. The Balaban J connectivity index is 2.53. The van der Waals surface area contributed by atoms with Gasteiger partial charge in [0.1, 0.15) is 0 Å². The molecule has 0 saturated carbocycles. The Morgan fingerprint density at radius 1 is 1.30 bits per heavy atom. The molecule has 0 aliphatic carbocycles. The molecule has 1 heterocycles. The molecule has 0 aliphatic heterocycles. The van der Waals surface area contributed by atoms with Crippen molar-refractivity contribution < 1.29 is 17.9 Å². The van der Waals surface area contributed by atoms with Crippen molar-refractivity contribution in [2.24, 2.45) is 5.73 Å². The van der Waals surface area contributed by atoms with E-state index in [2.05, 4.69) is 0 Å². The summed E-state index contributed by atoms with van der Waals surface area (Å²) in [6.45, 7) is 0.491. The largest absolute Gasteiger partial charge is 0.397 e. The van der Waals surface area contributed by atoms with Crippen molar-refractivity contribution in [2.45, 2.75) is 18.6 Å². The molecule has 1 aromatic carbocycles. The highest BCUT2D eigenvalue weighted by atomic mass is 19.4. The van der Waals surface area contributed by atoms with Crippen molar-refractivity contribution in [3.8, 4) is 0 Å². The first-order valence-electron chi connectivity index (χ1n) is 6.32. The van der Waals surface area contributed by atoms with Gasteiger partial charge in [-0.15, -0.1) is 0 Å². The van der Waals surface area contributed by atoms with E-state index < -0.39 is 18.6 Å². The normalized spacial score (nSPS) is 13.8. The Hall–Kier alpha value is -1.53. The van der Waals surface area contributed by atoms with Crippen molar-refractivity contribution in [1.29, 1.82) is 0 Å². The number of hydrogen-bond donors (Lipinski definition) is 1. The molecule has 0 fully saturated rings. The smallest absolute Gasteiger partial charge is 0.383 e. The van der Waals surface area contributed by atoms with E-state index in [1.807, 2.05) is 0 Å². The number of halogens is 3. The number of hydrogen-bond acceptors (Lipinski definition) is 2. The van der Waals surface area contributed by atoms with E-state index in [9.17, 15) is 13.2 Å². The molecule has 6 heteroatoms. The molecule has 0 amide bonds. The fourth-order valence-electron chi connectivity index (χ4n) is 2.36. The van der Waals surface area contributed by atoms with Crippen LogP contribution < -0.4 is 5.73 Å². The Labute approximate surface area is 115 Å². The van der Waals surface area contributed by atoms with Crippen LogP contribution in [0, 0.1) is 0 Å². The minimum Gasteiger partial charge on any atom is -0.383 e. The Morgan fingerprint density at radius 3 is 2.60 bits per heavy atom. The Bertz CT molecular complexity index is 577. The summed E-state index contributed by atoms with van der Waals surface area (Å²) in [5.74, 6) is -1.64. The van der Waals surface area contributed by atoms with Crippen LogP contribution in [0.2, 0.25) is 0 Å². The Kier molecular flexibility index (Phi) is 4.35. The topological polar surface area (TPSA) is 40.2 Å². The first-order chi connectivity index (χ1) is 9.49. The molecule has 0 radical (unpaired) electrons. The number of alkyl halides is 3. The third-order valence-electron chi connectivity index (χ3n) is 3.36. The summed E-state index contributed by atoms with van der Waals surface area (Å²) in [5.41, 5.74) is 6.33.